The molecule has 1 N–H and O–H groups in total. The summed E-state index contributed by atoms with van der Waals surface area (Å²) in [5.74, 6) is 0.642. The zero-order valence-electron chi connectivity index (χ0n) is 9.74. The van der Waals surface area contributed by atoms with Crippen LogP contribution >= 0.6 is 0 Å². The van der Waals surface area contributed by atoms with Crippen molar-refractivity contribution in [1.82, 2.24) is 10.1 Å². The van der Waals surface area contributed by atoms with E-state index in [2.05, 4.69) is 47.5 Å². The lowest BCUT2D eigenvalue weighted by atomic mass is 10.1. The molecule has 1 aromatic heterocycles. The lowest BCUT2D eigenvalue weighted by Crippen LogP contribution is -2.01. The Morgan fingerprint density at radius 1 is 1.25 bits per heavy atom. The number of hydrogen-bond donors (Lipinski definition) is 1. The van der Waals surface area contributed by atoms with Crippen LogP contribution in [-0.2, 0) is 6.54 Å². The maximum absolute atomic E-state index is 4.98. The molecule has 0 unspecified atom stereocenters. The highest BCUT2D eigenvalue weighted by molar-refractivity contribution is 5.33. The van der Waals surface area contributed by atoms with Crippen LogP contribution in [0.2, 0.25) is 0 Å². The van der Waals surface area contributed by atoms with Gasteiger partial charge < -0.3 is 9.84 Å². The summed E-state index contributed by atoms with van der Waals surface area (Å²) in [4.78, 5) is 4.08. The van der Waals surface area contributed by atoms with E-state index >= 15 is 0 Å². The summed E-state index contributed by atoms with van der Waals surface area (Å²) in [7, 11) is 0. The summed E-state index contributed by atoms with van der Waals surface area (Å²) in [5, 5.41) is 6.82. The first-order valence-electron chi connectivity index (χ1n) is 5.25. The normalized spacial score (nSPS) is 10.4. The largest absolute Gasteiger partial charge is 0.334 e. The first-order chi connectivity index (χ1) is 7.65. The Balaban J connectivity index is 2.04. The number of benzene rings is 1. The lowest BCUT2D eigenvalue weighted by molar-refractivity contribution is 0.425. The Morgan fingerprint density at radius 3 is 2.69 bits per heavy atom. The van der Waals surface area contributed by atoms with Crippen LogP contribution in [0.3, 0.4) is 0 Å². The molecule has 2 aromatic rings. The quantitative estimate of drug-likeness (QED) is 0.858. The molecular formula is C12H15N3O. The zero-order chi connectivity index (χ0) is 11.5. The standard InChI is InChI=1S/C12H15N3O/c1-8-4-5-11(9(2)6-8)7-13-12-14-10(3)15-16-12/h4-6H,7H2,1-3H3,(H,13,14,15). The molecule has 0 amide bonds. The highest BCUT2D eigenvalue weighted by Crippen LogP contribution is 2.12. The maximum Gasteiger partial charge on any atom is 0.321 e. The monoisotopic (exact) mass is 217 g/mol. The van der Waals surface area contributed by atoms with Crippen LogP contribution < -0.4 is 5.32 Å². The fourth-order valence-corrected chi connectivity index (χ4v) is 1.58. The Bertz CT molecular complexity index is 491. The molecule has 84 valence electrons. The molecule has 0 spiro atoms. The summed E-state index contributed by atoms with van der Waals surface area (Å²) in [6, 6.07) is 6.84. The summed E-state index contributed by atoms with van der Waals surface area (Å²) >= 11 is 0. The van der Waals surface area contributed by atoms with Gasteiger partial charge in [0.1, 0.15) is 0 Å². The van der Waals surface area contributed by atoms with Gasteiger partial charge in [0.15, 0.2) is 5.82 Å². The molecule has 0 aliphatic heterocycles. The van der Waals surface area contributed by atoms with Crippen molar-refractivity contribution < 1.29 is 4.52 Å². The molecule has 0 aliphatic rings. The molecule has 0 fully saturated rings. The molecule has 1 aromatic carbocycles. The van der Waals surface area contributed by atoms with Crippen molar-refractivity contribution >= 4 is 6.01 Å². The third-order valence-corrected chi connectivity index (χ3v) is 2.46. The van der Waals surface area contributed by atoms with E-state index in [4.69, 9.17) is 4.52 Å². The third-order valence-electron chi connectivity index (χ3n) is 2.46. The summed E-state index contributed by atoms with van der Waals surface area (Å²) in [6.07, 6.45) is 0. The van der Waals surface area contributed by atoms with E-state index in [1.165, 1.54) is 16.7 Å². The SMILES string of the molecule is Cc1ccc(CNc2nc(C)no2)c(C)c1. The van der Waals surface area contributed by atoms with Gasteiger partial charge in [0, 0.05) is 6.54 Å². The van der Waals surface area contributed by atoms with Crippen LogP contribution in [-0.4, -0.2) is 10.1 Å². The van der Waals surface area contributed by atoms with Crippen LogP contribution in [0.25, 0.3) is 0 Å². The Morgan fingerprint density at radius 2 is 2.06 bits per heavy atom. The molecule has 2 rings (SSSR count). The highest BCUT2D eigenvalue weighted by Gasteiger charge is 2.03. The second-order valence-electron chi connectivity index (χ2n) is 3.93. The molecule has 0 saturated heterocycles. The molecule has 0 aliphatic carbocycles. The van der Waals surface area contributed by atoms with Gasteiger partial charge in [-0.3, -0.25) is 0 Å². The van der Waals surface area contributed by atoms with E-state index in [9.17, 15) is 0 Å². The maximum atomic E-state index is 4.98. The molecule has 0 atom stereocenters. The molecule has 4 heteroatoms. The van der Waals surface area contributed by atoms with Crippen molar-refractivity contribution in [3.05, 3.63) is 40.7 Å². The molecule has 4 nitrogen and oxygen atoms in total. The van der Waals surface area contributed by atoms with E-state index < -0.39 is 0 Å². The average Bonchev–Trinajstić information content (AvgIpc) is 2.63. The van der Waals surface area contributed by atoms with Gasteiger partial charge in [0.25, 0.3) is 0 Å². The van der Waals surface area contributed by atoms with Gasteiger partial charge in [0.2, 0.25) is 0 Å². The van der Waals surface area contributed by atoms with Crippen molar-refractivity contribution in [2.75, 3.05) is 5.32 Å². The van der Waals surface area contributed by atoms with Gasteiger partial charge in [-0.15, -0.1) is 0 Å². The van der Waals surface area contributed by atoms with E-state index in [0.29, 0.717) is 18.4 Å². The van der Waals surface area contributed by atoms with Crippen molar-refractivity contribution in [1.29, 1.82) is 0 Å². The number of anilines is 1. The van der Waals surface area contributed by atoms with Crippen molar-refractivity contribution in [3.63, 3.8) is 0 Å². The Hall–Kier alpha value is -1.84. The third kappa shape index (κ3) is 2.39. The lowest BCUT2D eigenvalue weighted by Gasteiger charge is -2.06. The zero-order valence-corrected chi connectivity index (χ0v) is 9.74. The molecule has 1 heterocycles. The minimum absolute atomic E-state index is 0.470. The number of hydrogen-bond acceptors (Lipinski definition) is 4. The number of aromatic nitrogens is 2. The highest BCUT2D eigenvalue weighted by atomic mass is 16.5. The second kappa shape index (κ2) is 4.35. The minimum atomic E-state index is 0.470. The summed E-state index contributed by atoms with van der Waals surface area (Å²) in [6.45, 7) is 6.69. The van der Waals surface area contributed by atoms with Gasteiger partial charge in [0.05, 0.1) is 0 Å². The molecular weight excluding hydrogens is 202 g/mol. The fourth-order valence-electron chi connectivity index (χ4n) is 1.58. The first-order valence-corrected chi connectivity index (χ1v) is 5.25. The van der Waals surface area contributed by atoms with E-state index in [0.717, 1.165) is 0 Å². The van der Waals surface area contributed by atoms with Crippen LogP contribution in [0.5, 0.6) is 0 Å². The van der Waals surface area contributed by atoms with Gasteiger partial charge in [-0.05, 0) is 31.9 Å². The van der Waals surface area contributed by atoms with Crippen LogP contribution in [0, 0.1) is 20.8 Å². The number of rotatable bonds is 3. The predicted molar refractivity (Wildman–Crippen MR) is 62.3 cm³/mol. The second-order valence-corrected chi connectivity index (χ2v) is 3.93. The molecule has 16 heavy (non-hydrogen) atoms. The van der Waals surface area contributed by atoms with Gasteiger partial charge in [-0.1, -0.05) is 28.9 Å². The number of nitrogens with one attached hydrogen (secondary N) is 1. The Kier molecular flexibility index (Phi) is 2.90. The van der Waals surface area contributed by atoms with Crippen LogP contribution in [0.4, 0.5) is 6.01 Å². The number of aryl methyl sites for hydroxylation is 3. The fraction of sp³-hybridized carbons (Fsp3) is 0.333. The van der Waals surface area contributed by atoms with E-state index in [-0.39, 0.29) is 0 Å². The Labute approximate surface area is 94.7 Å². The van der Waals surface area contributed by atoms with Crippen LogP contribution in [0.15, 0.2) is 22.7 Å². The summed E-state index contributed by atoms with van der Waals surface area (Å²) in [5.41, 5.74) is 3.78. The van der Waals surface area contributed by atoms with Crippen LogP contribution in [0.1, 0.15) is 22.5 Å². The summed E-state index contributed by atoms with van der Waals surface area (Å²) < 4.78 is 4.98. The van der Waals surface area contributed by atoms with E-state index in [1.54, 1.807) is 6.92 Å². The van der Waals surface area contributed by atoms with Crippen molar-refractivity contribution in [3.8, 4) is 0 Å². The predicted octanol–water partition coefficient (Wildman–Crippen LogP) is 2.61. The van der Waals surface area contributed by atoms with Crippen molar-refractivity contribution in [2.45, 2.75) is 27.3 Å². The molecule has 0 radical (unpaired) electrons. The van der Waals surface area contributed by atoms with Crippen molar-refractivity contribution in [2.24, 2.45) is 0 Å². The van der Waals surface area contributed by atoms with Gasteiger partial charge >= 0.3 is 6.01 Å². The molecule has 0 saturated carbocycles. The van der Waals surface area contributed by atoms with E-state index in [1.807, 2.05) is 0 Å². The minimum Gasteiger partial charge on any atom is -0.334 e. The van der Waals surface area contributed by atoms with Gasteiger partial charge in [-0.2, -0.15) is 4.98 Å². The first kappa shape index (κ1) is 10.7. The average molecular weight is 217 g/mol. The topological polar surface area (TPSA) is 51.0 Å². The molecule has 0 bridgehead atoms. The smallest absolute Gasteiger partial charge is 0.321 e. The number of nitrogens with zero attached hydrogens (tertiary/aromatic N) is 2. The van der Waals surface area contributed by atoms with Gasteiger partial charge in [-0.25, -0.2) is 0 Å².